The Kier molecular flexibility index (Phi) is 11.9. The Morgan fingerprint density at radius 1 is 0.870 bits per heavy atom. The fraction of sp³-hybridized carbons (Fsp3) is 0.571. The molecule has 0 spiro atoms. The fourth-order valence-electron chi connectivity index (χ4n) is 2.50. The largest absolute Gasteiger partial charge is 0.427 e. The third kappa shape index (κ3) is 11.6. The van der Waals surface area contributed by atoms with Gasteiger partial charge in [-0.3, -0.25) is 4.79 Å². The number of para-hydroxylation sites is 1. The molecule has 0 aliphatic carbocycles. The zero-order chi connectivity index (χ0) is 16.6. The van der Waals surface area contributed by atoms with Gasteiger partial charge in [-0.15, -0.1) is 0 Å². The number of hydrogen-bond acceptors (Lipinski definition) is 2. The second kappa shape index (κ2) is 14.0. The number of carbonyl (C=O) groups excluding carboxylic acids is 1. The third-order valence-corrected chi connectivity index (χ3v) is 3.88. The van der Waals surface area contributed by atoms with Gasteiger partial charge in [-0.2, -0.15) is 0 Å². The van der Waals surface area contributed by atoms with Crippen LogP contribution >= 0.6 is 0 Å². The first-order valence-electron chi connectivity index (χ1n) is 9.23. The van der Waals surface area contributed by atoms with Crippen molar-refractivity contribution in [2.45, 2.75) is 77.6 Å². The summed E-state index contributed by atoms with van der Waals surface area (Å²) in [5, 5.41) is 0. The normalized spacial score (nSPS) is 11.0. The van der Waals surface area contributed by atoms with Gasteiger partial charge >= 0.3 is 5.97 Å². The van der Waals surface area contributed by atoms with Gasteiger partial charge in [0.15, 0.2) is 0 Å². The molecule has 0 saturated heterocycles. The maximum Gasteiger partial charge on any atom is 0.311 e. The number of ether oxygens (including phenoxy) is 1. The van der Waals surface area contributed by atoms with Crippen molar-refractivity contribution in [3.63, 3.8) is 0 Å². The quantitative estimate of drug-likeness (QED) is 0.181. The summed E-state index contributed by atoms with van der Waals surface area (Å²) in [4.78, 5) is 11.6. The number of benzene rings is 1. The van der Waals surface area contributed by atoms with Crippen LogP contribution in [0.2, 0.25) is 0 Å². The van der Waals surface area contributed by atoms with Crippen molar-refractivity contribution in [3.05, 3.63) is 42.5 Å². The van der Waals surface area contributed by atoms with Crippen LogP contribution in [0.25, 0.3) is 0 Å². The standard InChI is InChI=1S/C21H32O2/c1-2-3-4-5-6-7-8-9-10-11-12-16-19-21(22)23-20-17-14-13-15-18-20/h11-15,17-18H,2-10,16,19H2,1H3/b12-11+. The van der Waals surface area contributed by atoms with Crippen LogP contribution in [0.3, 0.4) is 0 Å². The van der Waals surface area contributed by atoms with Crippen LogP contribution in [0.5, 0.6) is 5.75 Å². The first kappa shape index (κ1) is 19.5. The molecule has 128 valence electrons. The van der Waals surface area contributed by atoms with Crippen LogP contribution in [0.1, 0.15) is 77.6 Å². The molecule has 0 radical (unpaired) electrons. The van der Waals surface area contributed by atoms with Crippen LogP contribution in [-0.4, -0.2) is 5.97 Å². The summed E-state index contributed by atoms with van der Waals surface area (Å²) in [6, 6.07) is 9.25. The smallest absolute Gasteiger partial charge is 0.311 e. The summed E-state index contributed by atoms with van der Waals surface area (Å²) >= 11 is 0. The van der Waals surface area contributed by atoms with Crippen LogP contribution < -0.4 is 4.74 Å². The Morgan fingerprint density at radius 2 is 1.48 bits per heavy atom. The predicted molar refractivity (Wildman–Crippen MR) is 97.7 cm³/mol. The van der Waals surface area contributed by atoms with Gasteiger partial charge in [0.05, 0.1) is 0 Å². The SMILES string of the molecule is CCCCCCCCCC/C=C/CCC(=O)Oc1ccccc1. The predicted octanol–water partition coefficient (Wildman–Crippen LogP) is 6.46. The molecule has 0 aliphatic heterocycles. The van der Waals surface area contributed by atoms with E-state index in [0.29, 0.717) is 12.2 Å². The summed E-state index contributed by atoms with van der Waals surface area (Å²) in [6.07, 6.45) is 17.5. The molecule has 0 atom stereocenters. The number of unbranched alkanes of at least 4 members (excludes halogenated alkanes) is 8. The van der Waals surface area contributed by atoms with Gasteiger partial charge in [0, 0.05) is 6.42 Å². The molecule has 2 heteroatoms. The van der Waals surface area contributed by atoms with E-state index in [1.807, 2.05) is 18.2 Å². The summed E-state index contributed by atoms with van der Waals surface area (Å²) < 4.78 is 5.24. The lowest BCUT2D eigenvalue weighted by Crippen LogP contribution is -2.06. The second-order valence-corrected chi connectivity index (χ2v) is 6.06. The van der Waals surface area contributed by atoms with E-state index in [2.05, 4.69) is 19.1 Å². The minimum absolute atomic E-state index is 0.159. The van der Waals surface area contributed by atoms with Crippen molar-refractivity contribution >= 4 is 5.97 Å². The number of hydrogen-bond donors (Lipinski definition) is 0. The van der Waals surface area contributed by atoms with Crippen LogP contribution in [0, 0.1) is 0 Å². The maximum atomic E-state index is 11.6. The van der Waals surface area contributed by atoms with E-state index in [0.717, 1.165) is 12.8 Å². The van der Waals surface area contributed by atoms with Crippen LogP contribution in [-0.2, 0) is 4.79 Å². The molecule has 0 saturated carbocycles. The van der Waals surface area contributed by atoms with Gasteiger partial charge < -0.3 is 4.74 Å². The average molecular weight is 316 g/mol. The molecule has 1 rings (SSSR count). The molecular weight excluding hydrogens is 284 g/mol. The summed E-state index contributed by atoms with van der Waals surface area (Å²) in [5.74, 6) is 0.466. The van der Waals surface area contributed by atoms with E-state index in [1.54, 1.807) is 12.1 Å². The first-order chi connectivity index (χ1) is 11.3. The monoisotopic (exact) mass is 316 g/mol. The zero-order valence-electron chi connectivity index (χ0n) is 14.6. The Hall–Kier alpha value is -1.57. The summed E-state index contributed by atoms with van der Waals surface area (Å²) in [5.41, 5.74) is 0. The van der Waals surface area contributed by atoms with E-state index in [4.69, 9.17) is 4.74 Å². The highest BCUT2D eigenvalue weighted by Gasteiger charge is 2.02. The molecule has 0 unspecified atom stereocenters. The van der Waals surface area contributed by atoms with E-state index in [-0.39, 0.29) is 5.97 Å². The average Bonchev–Trinajstić information content (AvgIpc) is 2.57. The summed E-state index contributed by atoms with van der Waals surface area (Å²) in [6.45, 7) is 2.26. The van der Waals surface area contributed by atoms with E-state index < -0.39 is 0 Å². The molecule has 0 aliphatic rings. The van der Waals surface area contributed by atoms with Crippen molar-refractivity contribution in [2.24, 2.45) is 0 Å². The number of esters is 1. The molecule has 0 aromatic heterocycles. The highest BCUT2D eigenvalue weighted by Crippen LogP contribution is 2.11. The van der Waals surface area contributed by atoms with Crippen LogP contribution in [0.4, 0.5) is 0 Å². The zero-order valence-corrected chi connectivity index (χ0v) is 14.6. The number of allylic oxidation sites excluding steroid dienone is 2. The lowest BCUT2D eigenvalue weighted by Gasteiger charge is -2.02. The molecule has 23 heavy (non-hydrogen) atoms. The Labute approximate surface area is 141 Å². The van der Waals surface area contributed by atoms with Crippen LogP contribution in [0.15, 0.2) is 42.5 Å². The Bertz CT molecular complexity index is 423. The minimum atomic E-state index is -0.159. The van der Waals surface area contributed by atoms with E-state index in [1.165, 1.54) is 51.4 Å². The molecule has 1 aromatic rings. The fourth-order valence-corrected chi connectivity index (χ4v) is 2.50. The van der Waals surface area contributed by atoms with E-state index in [9.17, 15) is 4.79 Å². The molecular formula is C21H32O2. The van der Waals surface area contributed by atoms with Gasteiger partial charge in [0.2, 0.25) is 0 Å². The van der Waals surface area contributed by atoms with E-state index >= 15 is 0 Å². The topological polar surface area (TPSA) is 26.3 Å². The van der Waals surface area contributed by atoms with Gasteiger partial charge in [-0.1, -0.05) is 82.2 Å². The lowest BCUT2D eigenvalue weighted by molar-refractivity contribution is -0.134. The molecule has 0 bridgehead atoms. The highest BCUT2D eigenvalue weighted by atomic mass is 16.5. The second-order valence-electron chi connectivity index (χ2n) is 6.06. The van der Waals surface area contributed by atoms with Crippen molar-refractivity contribution < 1.29 is 9.53 Å². The van der Waals surface area contributed by atoms with Crippen molar-refractivity contribution in [1.29, 1.82) is 0 Å². The van der Waals surface area contributed by atoms with Gasteiger partial charge in [0.1, 0.15) is 5.75 Å². The molecule has 0 heterocycles. The lowest BCUT2D eigenvalue weighted by atomic mass is 10.1. The van der Waals surface area contributed by atoms with Crippen molar-refractivity contribution in [2.75, 3.05) is 0 Å². The van der Waals surface area contributed by atoms with Gasteiger partial charge in [-0.05, 0) is 31.4 Å². The Balaban J connectivity index is 1.91. The number of carbonyl (C=O) groups is 1. The molecule has 0 fully saturated rings. The molecule has 0 amide bonds. The third-order valence-electron chi connectivity index (χ3n) is 3.88. The molecule has 1 aromatic carbocycles. The molecule has 2 nitrogen and oxygen atoms in total. The van der Waals surface area contributed by atoms with Crippen molar-refractivity contribution in [3.8, 4) is 5.75 Å². The molecule has 0 N–H and O–H groups in total. The maximum absolute atomic E-state index is 11.6. The van der Waals surface area contributed by atoms with Gasteiger partial charge in [-0.25, -0.2) is 0 Å². The Morgan fingerprint density at radius 3 is 2.17 bits per heavy atom. The van der Waals surface area contributed by atoms with Gasteiger partial charge in [0.25, 0.3) is 0 Å². The number of rotatable bonds is 13. The summed E-state index contributed by atoms with van der Waals surface area (Å²) in [7, 11) is 0. The first-order valence-corrected chi connectivity index (χ1v) is 9.23. The minimum Gasteiger partial charge on any atom is -0.427 e. The highest BCUT2D eigenvalue weighted by molar-refractivity contribution is 5.72. The van der Waals surface area contributed by atoms with Crippen molar-refractivity contribution in [1.82, 2.24) is 0 Å².